The maximum absolute atomic E-state index is 12.3. The Bertz CT molecular complexity index is 740. The number of carbonyl (C=O) groups excluding carboxylic acids is 2. The van der Waals surface area contributed by atoms with Crippen LogP contribution in [0.15, 0.2) is 60.7 Å². The number of benzene rings is 2. The van der Waals surface area contributed by atoms with Gasteiger partial charge in [-0.2, -0.15) is 0 Å². The molecular formula is C20H18O7. The van der Waals surface area contributed by atoms with Crippen molar-refractivity contribution in [2.75, 3.05) is 6.61 Å². The van der Waals surface area contributed by atoms with E-state index in [1.807, 2.05) is 0 Å². The fourth-order valence-corrected chi connectivity index (χ4v) is 3.16. The van der Waals surface area contributed by atoms with Crippen molar-refractivity contribution >= 4 is 11.9 Å². The van der Waals surface area contributed by atoms with Gasteiger partial charge in [-0.25, -0.2) is 9.59 Å². The molecule has 7 heteroatoms. The van der Waals surface area contributed by atoms with Crippen LogP contribution < -0.4 is 0 Å². The zero-order valence-electron chi connectivity index (χ0n) is 14.3. The average Bonchev–Trinajstić information content (AvgIpc) is 3.15. The first-order chi connectivity index (χ1) is 13.1. The Balaban J connectivity index is 1.49. The monoisotopic (exact) mass is 370 g/mol. The maximum Gasteiger partial charge on any atom is 0.338 e. The standard InChI is InChI=1S/C20H18O7/c21-15-16(26-18(22)12-7-3-1-4-8-12)14-11-24-20(25-14)17(15)27-19(23)13-9-5-2-6-10-13/h1-10,14-17,20-21H,11H2/t14-,15+,16+,17-,20-/m1/s1. The lowest BCUT2D eigenvalue weighted by molar-refractivity contribution is -0.228. The van der Waals surface area contributed by atoms with Crippen molar-refractivity contribution in [3.8, 4) is 0 Å². The molecule has 2 fully saturated rings. The molecule has 2 bridgehead atoms. The van der Waals surface area contributed by atoms with Gasteiger partial charge >= 0.3 is 11.9 Å². The molecule has 5 atom stereocenters. The number of fused-ring (bicyclic) bond motifs is 2. The number of hydrogen-bond donors (Lipinski definition) is 1. The second kappa shape index (κ2) is 7.48. The number of carbonyl (C=O) groups is 2. The zero-order valence-corrected chi connectivity index (χ0v) is 14.3. The summed E-state index contributed by atoms with van der Waals surface area (Å²) in [6.07, 6.45) is -4.90. The Morgan fingerprint density at radius 1 is 0.852 bits per heavy atom. The van der Waals surface area contributed by atoms with E-state index in [1.54, 1.807) is 60.7 Å². The number of hydrogen-bond acceptors (Lipinski definition) is 7. The molecule has 2 saturated heterocycles. The summed E-state index contributed by atoms with van der Waals surface area (Å²) < 4.78 is 22.0. The third-order valence-electron chi connectivity index (χ3n) is 4.55. The highest BCUT2D eigenvalue weighted by Gasteiger charge is 2.54. The Morgan fingerprint density at radius 3 is 1.93 bits per heavy atom. The van der Waals surface area contributed by atoms with Crippen LogP contribution in [0.25, 0.3) is 0 Å². The van der Waals surface area contributed by atoms with Gasteiger partial charge in [0.05, 0.1) is 17.7 Å². The highest BCUT2D eigenvalue weighted by molar-refractivity contribution is 5.90. The first kappa shape index (κ1) is 17.7. The lowest BCUT2D eigenvalue weighted by Crippen LogP contribution is -2.56. The zero-order chi connectivity index (χ0) is 18.8. The molecule has 1 N–H and O–H groups in total. The van der Waals surface area contributed by atoms with Gasteiger partial charge in [0.15, 0.2) is 18.5 Å². The largest absolute Gasteiger partial charge is 0.453 e. The van der Waals surface area contributed by atoms with Crippen LogP contribution in [0.2, 0.25) is 0 Å². The Morgan fingerprint density at radius 2 is 1.37 bits per heavy atom. The van der Waals surface area contributed by atoms with Crippen LogP contribution in [0.1, 0.15) is 20.7 Å². The predicted octanol–water partition coefficient (Wildman–Crippen LogP) is 1.55. The molecule has 0 saturated carbocycles. The predicted molar refractivity (Wildman–Crippen MR) is 91.9 cm³/mol. The molecule has 4 rings (SSSR count). The first-order valence-electron chi connectivity index (χ1n) is 8.60. The maximum atomic E-state index is 12.3. The number of esters is 2. The van der Waals surface area contributed by atoms with E-state index in [9.17, 15) is 14.7 Å². The summed E-state index contributed by atoms with van der Waals surface area (Å²) in [5, 5.41) is 10.7. The van der Waals surface area contributed by atoms with Crippen LogP contribution in [0.5, 0.6) is 0 Å². The van der Waals surface area contributed by atoms with Crippen LogP contribution in [-0.4, -0.2) is 54.4 Å². The molecule has 7 nitrogen and oxygen atoms in total. The summed E-state index contributed by atoms with van der Waals surface area (Å²) in [7, 11) is 0. The summed E-state index contributed by atoms with van der Waals surface area (Å²) in [5.41, 5.74) is 0.686. The van der Waals surface area contributed by atoms with Crippen molar-refractivity contribution in [3.63, 3.8) is 0 Å². The molecule has 0 radical (unpaired) electrons. The van der Waals surface area contributed by atoms with Gasteiger partial charge in [0.25, 0.3) is 0 Å². The molecule has 0 amide bonds. The van der Waals surface area contributed by atoms with E-state index in [4.69, 9.17) is 18.9 Å². The topological polar surface area (TPSA) is 91.3 Å². The lowest BCUT2D eigenvalue weighted by atomic mass is 10.0. The van der Waals surface area contributed by atoms with Gasteiger partial charge in [-0.15, -0.1) is 0 Å². The summed E-state index contributed by atoms with van der Waals surface area (Å²) in [6, 6.07) is 16.8. The normalized spacial score (nSPS) is 29.1. The third-order valence-corrected chi connectivity index (χ3v) is 4.55. The molecule has 2 heterocycles. The van der Waals surface area contributed by atoms with Crippen molar-refractivity contribution in [2.24, 2.45) is 0 Å². The summed E-state index contributed by atoms with van der Waals surface area (Å²) >= 11 is 0. The summed E-state index contributed by atoms with van der Waals surface area (Å²) in [5.74, 6) is -1.22. The van der Waals surface area contributed by atoms with Gasteiger partial charge in [-0.05, 0) is 24.3 Å². The molecule has 2 aliphatic heterocycles. The van der Waals surface area contributed by atoms with Gasteiger partial charge in [-0.1, -0.05) is 36.4 Å². The molecule has 27 heavy (non-hydrogen) atoms. The van der Waals surface area contributed by atoms with Crippen LogP contribution >= 0.6 is 0 Å². The highest BCUT2D eigenvalue weighted by atomic mass is 16.8. The van der Waals surface area contributed by atoms with Crippen LogP contribution in [-0.2, 0) is 18.9 Å². The summed E-state index contributed by atoms with van der Waals surface area (Å²) in [4.78, 5) is 24.7. The van der Waals surface area contributed by atoms with Gasteiger partial charge in [0.1, 0.15) is 12.2 Å². The summed E-state index contributed by atoms with van der Waals surface area (Å²) in [6.45, 7) is 0.133. The fraction of sp³-hybridized carbons (Fsp3) is 0.300. The van der Waals surface area contributed by atoms with Crippen molar-refractivity contribution in [1.82, 2.24) is 0 Å². The number of ether oxygens (including phenoxy) is 4. The van der Waals surface area contributed by atoms with E-state index in [0.717, 1.165) is 0 Å². The number of aliphatic hydroxyl groups is 1. The molecule has 140 valence electrons. The van der Waals surface area contributed by atoms with Crippen molar-refractivity contribution in [3.05, 3.63) is 71.8 Å². The third kappa shape index (κ3) is 3.57. The van der Waals surface area contributed by atoms with Crippen molar-refractivity contribution in [2.45, 2.75) is 30.7 Å². The molecule has 0 aromatic heterocycles. The quantitative estimate of drug-likeness (QED) is 0.817. The molecule has 2 aliphatic rings. The minimum absolute atomic E-state index is 0.133. The Hall–Kier alpha value is -2.74. The minimum atomic E-state index is -1.27. The smallest absolute Gasteiger partial charge is 0.338 e. The van der Waals surface area contributed by atoms with Crippen LogP contribution in [0.4, 0.5) is 0 Å². The highest BCUT2D eigenvalue weighted by Crippen LogP contribution is 2.32. The van der Waals surface area contributed by atoms with Crippen molar-refractivity contribution < 1.29 is 33.6 Å². The lowest BCUT2D eigenvalue weighted by Gasteiger charge is -2.36. The fourth-order valence-electron chi connectivity index (χ4n) is 3.16. The van der Waals surface area contributed by atoms with Crippen LogP contribution in [0.3, 0.4) is 0 Å². The molecule has 2 aromatic rings. The van der Waals surface area contributed by atoms with E-state index >= 15 is 0 Å². The molecule has 2 aromatic carbocycles. The molecule has 0 spiro atoms. The molecule has 0 aliphatic carbocycles. The molecule has 0 unspecified atom stereocenters. The first-order valence-corrected chi connectivity index (χ1v) is 8.60. The van der Waals surface area contributed by atoms with Gasteiger partial charge in [0, 0.05) is 0 Å². The number of rotatable bonds is 4. The van der Waals surface area contributed by atoms with Gasteiger partial charge in [-0.3, -0.25) is 0 Å². The van der Waals surface area contributed by atoms with Crippen molar-refractivity contribution in [1.29, 1.82) is 0 Å². The molecular weight excluding hydrogens is 352 g/mol. The van der Waals surface area contributed by atoms with Gasteiger partial charge < -0.3 is 24.1 Å². The second-order valence-electron chi connectivity index (χ2n) is 6.34. The minimum Gasteiger partial charge on any atom is -0.453 e. The Kier molecular flexibility index (Phi) is 4.89. The van der Waals surface area contributed by atoms with E-state index in [-0.39, 0.29) is 6.61 Å². The average molecular weight is 370 g/mol. The Labute approximate surface area is 155 Å². The van der Waals surface area contributed by atoms with E-state index in [2.05, 4.69) is 0 Å². The van der Waals surface area contributed by atoms with E-state index in [0.29, 0.717) is 11.1 Å². The van der Waals surface area contributed by atoms with E-state index < -0.39 is 42.6 Å². The van der Waals surface area contributed by atoms with E-state index in [1.165, 1.54) is 0 Å². The van der Waals surface area contributed by atoms with Gasteiger partial charge in [0.2, 0.25) is 0 Å². The van der Waals surface area contributed by atoms with Crippen LogP contribution in [0, 0.1) is 0 Å². The second-order valence-corrected chi connectivity index (χ2v) is 6.34. The number of aliphatic hydroxyl groups excluding tert-OH is 1. The SMILES string of the molecule is O=C(O[C@@H]1[C@H](O)[C@@H](OC(=O)c2ccccc2)[C@@H]2OC[C@H]1O2)c1ccccc1.